The molecule has 1 aliphatic heterocycles. The fourth-order valence-electron chi connectivity index (χ4n) is 3.74. The average Bonchev–Trinajstić information content (AvgIpc) is 3.14. The largest absolute Gasteiger partial charge is 0.504 e. The molecule has 1 saturated heterocycles. The highest BCUT2D eigenvalue weighted by molar-refractivity contribution is 6.03. The van der Waals surface area contributed by atoms with Gasteiger partial charge in [0.2, 0.25) is 0 Å². The summed E-state index contributed by atoms with van der Waals surface area (Å²) in [5.74, 6) is 0.115. The van der Waals surface area contributed by atoms with Crippen molar-refractivity contribution < 1.29 is 19.1 Å². The van der Waals surface area contributed by atoms with E-state index in [4.69, 9.17) is 14.9 Å². The van der Waals surface area contributed by atoms with E-state index in [1.165, 1.54) is 0 Å². The number of anilines is 1. The summed E-state index contributed by atoms with van der Waals surface area (Å²) in [4.78, 5) is 18.3. The Morgan fingerprint density at radius 2 is 2.20 bits per heavy atom. The van der Waals surface area contributed by atoms with Gasteiger partial charge in [-0.25, -0.2) is 0 Å². The molecule has 0 bridgehead atoms. The van der Waals surface area contributed by atoms with Crippen molar-refractivity contribution in [2.45, 2.75) is 32.4 Å². The predicted octanol–water partition coefficient (Wildman–Crippen LogP) is 2.91. The molecule has 1 fully saturated rings. The van der Waals surface area contributed by atoms with E-state index in [9.17, 15) is 9.90 Å². The molecule has 4 N–H and O–H groups in total. The van der Waals surface area contributed by atoms with Crippen LogP contribution < -0.4 is 15.8 Å². The number of benzene rings is 2. The molecule has 1 amide bonds. The first-order chi connectivity index (χ1) is 14.5. The second-order valence-electron chi connectivity index (χ2n) is 7.38. The Hall–Kier alpha value is -3.26. The standard InChI is InChI=1S/C22H25N4O4/c1-2-29-19-12-14(6-7-17(19)27)13-26-10-8-15(9-11-26)24-22-25-20-16(21(23)28)4-3-5-18(20)30-22/h3,5-7,12,15,27H,2,8-11,13H2,1H3,(H2,23,28)(H,24,25). The van der Waals surface area contributed by atoms with Gasteiger partial charge in [-0.3, -0.25) is 9.69 Å². The van der Waals surface area contributed by atoms with Gasteiger partial charge >= 0.3 is 0 Å². The highest BCUT2D eigenvalue weighted by atomic mass is 16.5. The third-order valence-corrected chi connectivity index (χ3v) is 5.24. The van der Waals surface area contributed by atoms with Crippen molar-refractivity contribution in [3.05, 3.63) is 47.5 Å². The first-order valence-electron chi connectivity index (χ1n) is 10.1. The number of hydrogen-bond acceptors (Lipinski definition) is 7. The van der Waals surface area contributed by atoms with Gasteiger partial charge in [-0.15, -0.1) is 0 Å². The number of ether oxygens (including phenoxy) is 1. The van der Waals surface area contributed by atoms with Gasteiger partial charge in [-0.2, -0.15) is 4.98 Å². The van der Waals surface area contributed by atoms with Gasteiger partial charge in [0.15, 0.2) is 17.1 Å². The number of aromatic hydroxyl groups is 1. The Kier molecular flexibility index (Phi) is 5.76. The number of rotatable bonds is 7. The Labute approximate surface area is 174 Å². The quantitative estimate of drug-likeness (QED) is 0.550. The minimum atomic E-state index is -0.574. The number of nitrogens with one attached hydrogen (secondary N) is 1. The highest BCUT2D eigenvalue weighted by Gasteiger charge is 2.22. The van der Waals surface area contributed by atoms with Crippen molar-refractivity contribution in [1.29, 1.82) is 0 Å². The third kappa shape index (κ3) is 4.33. The first kappa shape index (κ1) is 20.0. The van der Waals surface area contributed by atoms with Gasteiger partial charge in [-0.05, 0) is 55.7 Å². The molecular weight excluding hydrogens is 384 g/mol. The number of hydrogen-bond donors (Lipinski definition) is 3. The minimum Gasteiger partial charge on any atom is -0.504 e. The van der Waals surface area contributed by atoms with Gasteiger partial charge in [-0.1, -0.05) is 6.07 Å². The lowest BCUT2D eigenvalue weighted by atomic mass is 10.0. The lowest BCUT2D eigenvalue weighted by Gasteiger charge is -2.32. The number of aromatic nitrogens is 1. The zero-order chi connectivity index (χ0) is 21.1. The fraction of sp³-hybridized carbons (Fsp3) is 0.364. The number of piperidine rings is 1. The zero-order valence-corrected chi connectivity index (χ0v) is 16.9. The molecule has 1 aliphatic rings. The molecule has 30 heavy (non-hydrogen) atoms. The molecule has 1 aromatic heterocycles. The molecule has 4 rings (SSSR count). The second kappa shape index (κ2) is 8.62. The summed E-state index contributed by atoms with van der Waals surface area (Å²) >= 11 is 0. The maximum Gasteiger partial charge on any atom is 0.295 e. The molecule has 157 valence electrons. The van der Waals surface area contributed by atoms with Crippen molar-refractivity contribution in [3.8, 4) is 11.5 Å². The lowest BCUT2D eigenvalue weighted by Crippen LogP contribution is -2.38. The van der Waals surface area contributed by atoms with Crippen molar-refractivity contribution in [1.82, 2.24) is 9.88 Å². The normalized spacial score (nSPS) is 15.4. The molecule has 0 saturated carbocycles. The lowest BCUT2D eigenvalue weighted by molar-refractivity contribution is 0.100. The van der Waals surface area contributed by atoms with Crippen LogP contribution in [0.3, 0.4) is 0 Å². The summed E-state index contributed by atoms with van der Waals surface area (Å²) in [5.41, 5.74) is 7.68. The number of phenolic OH excluding ortho intramolecular Hbond substituents is 1. The molecule has 0 spiro atoms. The number of phenols is 1. The number of primary amides is 1. The number of likely N-dealkylation sites (tertiary alicyclic amines) is 1. The van der Waals surface area contributed by atoms with Gasteiger partial charge in [0, 0.05) is 25.7 Å². The van der Waals surface area contributed by atoms with Crippen LogP contribution in [0.15, 0.2) is 34.7 Å². The van der Waals surface area contributed by atoms with Crippen molar-refractivity contribution >= 4 is 23.0 Å². The van der Waals surface area contributed by atoms with Crippen LogP contribution in [0, 0.1) is 6.07 Å². The van der Waals surface area contributed by atoms with Crippen LogP contribution in [0.4, 0.5) is 6.01 Å². The average molecular weight is 409 g/mol. The summed E-state index contributed by atoms with van der Waals surface area (Å²) in [6.07, 6.45) is 1.87. The fourth-order valence-corrected chi connectivity index (χ4v) is 3.74. The van der Waals surface area contributed by atoms with E-state index in [0.29, 0.717) is 29.5 Å². The van der Waals surface area contributed by atoms with Crippen LogP contribution in [0.2, 0.25) is 0 Å². The summed E-state index contributed by atoms with van der Waals surface area (Å²) < 4.78 is 11.2. The van der Waals surface area contributed by atoms with Crippen molar-refractivity contribution in [3.63, 3.8) is 0 Å². The Morgan fingerprint density at radius 3 is 2.93 bits per heavy atom. The van der Waals surface area contributed by atoms with E-state index in [2.05, 4.69) is 21.3 Å². The Morgan fingerprint density at radius 1 is 1.40 bits per heavy atom. The number of nitrogens with zero attached hydrogens (tertiary/aromatic N) is 2. The Bertz CT molecular complexity index is 1040. The summed E-state index contributed by atoms with van der Waals surface area (Å²) in [5, 5.41) is 13.2. The van der Waals surface area contributed by atoms with E-state index in [-0.39, 0.29) is 17.4 Å². The maximum atomic E-state index is 11.5. The molecular formula is C22H25N4O4. The van der Waals surface area contributed by atoms with Gasteiger partial charge in [0.25, 0.3) is 11.9 Å². The number of carbonyl (C=O) groups is 1. The van der Waals surface area contributed by atoms with E-state index in [0.717, 1.165) is 38.0 Å². The van der Waals surface area contributed by atoms with Gasteiger partial charge < -0.3 is 25.3 Å². The summed E-state index contributed by atoms with van der Waals surface area (Å²) in [6.45, 7) is 5.05. The number of amides is 1. The van der Waals surface area contributed by atoms with Crippen LogP contribution in [-0.2, 0) is 6.54 Å². The summed E-state index contributed by atoms with van der Waals surface area (Å²) in [6, 6.07) is 12.3. The van der Waals surface area contributed by atoms with Gasteiger partial charge in [0.1, 0.15) is 5.52 Å². The van der Waals surface area contributed by atoms with Gasteiger partial charge in [0.05, 0.1) is 12.2 Å². The molecule has 2 aromatic carbocycles. The highest BCUT2D eigenvalue weighted by Crippen LogP contribution is 2.28. The van der Waals surface area contributed by atoms with Crippen LogP contribution >= 0.6 is 0 Å². The van der Waals surface area contributed by atoms with Crippen LogP contribution in [0.25, 0.3) is 11.1 Å². The zero-order valence-electron chi connectivity index (χ0n) is 16.9. The topological polar surface area (TPSA) is 114 Å². The third-order valence-electron chi connectivity index (χ3n) is 5.24. The van der Waals surface area contributed by atoms with E-state index in [1.807, 2.05) is 19.1 Å². The van der Waals surface area contributed by atoms with Crippen LogP contribution in [0.5, 0.6) is 11.5 Å². The predicted molar refractivity (Wildman–Crippen MR) is 113 cm³/mol. The van der Waals surface area contributed by atoms with Crippen LogP contribution in [0.1, 0.15) is 35.7 Å². The molecule has 3 aromatic rings. The number of nitrogens with two attached hydrogens (primary N) is 1. The smallest absolute Gasteiger partial charge is 0.295 e. The molecule has 1 radical (unpaired) electrons. The number of fused-ring (bicyclic) bond motifs is 1. The maximum absolute atomic E-state index is 11.5. The van der Waals surface area contributed by atoms with E-state index in [1.54, 1.807) is 18.2 Å². The number of oxazole rings is 1. The minimum absolute atomic E-state index is 0.166. The monoisotopic (exact) mass is 409 g/mol. The van der Waals surface area contributed by atoms with E-state index >= 15 is 0 Å². The number of carbonyl (C=O) groups excluding carboxylic acids is 1. The SMILES string of the molecule is CCOc1cc(CN2CCC(Nc3nc4c(C(N)=O)[c]ccc4o3)CC2)ccc1O. The first-order valence-corrected chi connectivity index (χ1v) is 10.1. The second-order valence-corrected chi connectivity index (χ2v) is 7.38. The van der Waals surface area contributed by atoms with Crippen molar-refractivity contribution in [2.24, 2.45) is 5.73 Å². The molecule has 0 unspecified atom stereocenters. The molecule has 0 atom stereocenters. The molecule has 8 heteroatoms. The molecule has 8 nitrogen and oxygen atoms in total. The van der Waals surface area contributed by atoms with E-state index < -0.39 is 5.91 Å². The van der Waals surface area contributed by atoms with Crippen LogP contribution in [-0.4, -0.2) is 46.6 Å². The van der Waals surface area contributed by atoms with Crippen molar-refractivity contribution in [2.75, 3.05) is 25.0 Å². The molecule has 2 heterocycles. The summed E-state index contributed by atoms with van der Waals surface area (Å²) in [7, 11) is 0. The Balaban J connectivity index is 1.35. The molecule has 0 aliphatic carbocycles.